The first-order chi connectivity index (χ1) is 13.1. The van der Waals surface area contributed by atoms with E-state index in [0.717, 1.165) is 12.8 Å². The normalized spacial score (nSPS) is 27.7. The first-order valence-electron chi connectivity index (χ1n) is 9.02. The zero-order valence-electron chi connectivity index (χ0n) is 15.3. The lowest BCUT2D eigenvalue weighted by atomic mass is 9.98. The predicted molar refractivity (Wildman–Crippen MR) is 94.3 cm³/mol. The van der Waals surface area contributed by atoms with Crippen LogP contribution in [0.4, 0.5) is 4.79 Å². The van der Waals surface area contributed by atoms with Crippen LogP contribution in [0.3, 0.4) is 0 Å². The van der Waals surface area contributed by atoms with Crippen molar-refractivity contribution in [1.82, 2.24) is 20.2 Å². The van der Waals surface area contributed by atoms with Gasteiger partial charge in [-0.1, -0.05) is 0 Å². The molecule has 12 nitrogen and oxygen atoms in total. The van der Waals surface area contributed by atoms with Crippen molar-refractivity contribution in [3.8, 4) is 0 Å². The summed E-state index contributed by atoms with van der Waals surface area (Å²) in [6.45, 7) is 1.99. The van der Waals surface area contributed by atoms with Gasteiger partial charge in [0, 0.05) is 20.0 Å². The van der Waals surface area contributed by atoms with Crippen LogP contribution in [0, 0.1) is 5.41 Å². The van der Waals surface area contributed by atoms with Gasteiger partial charge in [0.2, 0.25) is 11.8 Å². The number of rotatable bonds is 4. The molecule has 3 N–H and O–H groups in total. The molecule has 28 heavy (non-hydrogen) atoms. The van der Waals surface area contributed by atoms with Crippen LogP contribution in [0.1, 0.15) is 39.0 Å². The highest BCUT2D eigenvalue weighted by Gasteiger charge is 2.48. The summed E-state index contributed by atoms with van der Waals surface area (Å²) in [6.07, 6.45) is 2.78. The molecule has 3 saturated heterocycles. The third-order valence-corrected chi connectivity index (χ3v) is 5.65. The van der Waals surface area contributed by atoms with Crippen molar-refractivity contribution in [3.63, 3.8) is 0 Å². The zero-order chi connectivity index (χ0) is 20.6. The number of hydrogen-bond donors (Lipinski definition) is 3. The summed E-state index contributed by atoms with van der Waals surface area (Å²) in [7, 11) is -4.85. The van der Waals surface area contributed by atoms with Crippen LogP contribution in [0.15, 0.2) is 0 Å². The lowest BCUT2D eigenvalue weighted by Crippen LogP contribution is -2.56. The van der Waals surface area contributed by atoms with Crippen molar-refractivity contribution in [2.75, 3.05) is 13.1 Å². The van der Waals surface area contributed by atoms with Crippen molar-refractivity contribution < 1.29 is 31.6 Å². The highest BCUT2D eigenvalue weighted by Crippen LogP contribution is 2.31. The fraction of sp³-hybridized carbons (Fsp3) is 0.733. The van der Waals surface area contributed by atoms with Gasteiger partial charge >= 0.3 is 16.4 Å². The summed E-state index contributed by atoms with van der Waals surface area (Å²) < 4.78 is 35.0. The lowest BCUT2D eigenvalue weighted by molar-refractivity contribution is -0.140. The number of nitrogens with zero attached hydrogens (tertiary/aromatic N) is 3. The van der Waals surface area contributed by atoms with Crippen LogP contribution >= 0.6 is 0 Å². The van der Waals surface area contributed by atoms with Crippen LogP contribution in [0.2, 0.25) is 0 Å². The Morgan fingerprint density at radius 3 is 2.57 bits per heavy atom. The number of carbonyl (C=O) groups is 3. The van der Waals surface area contributed by atoms with Gasteiger partial charge in [-0.3, -0.25) is 19.6 Å². The Kier molecular flexibility index (Phi) is 5.59. The quantitative estimate of drug-likeness (QED) is 0.315. The Morgan fingerprint density at radius 2 is 1.93 bits per heavy atom. The van der Waals surface area contributed by atoms with Crippen LogP contribution in [0.5, 0.6) is 0 Å². The van der Waals surface area contributed by atoms with Crippen molar-refractivity contribution in [3.05, 3.63) is 0 Å². The van der Waals surface area contributed by atoms with Crippen molar-refractivity contribution in [2.24, 2.45) is 0 Å². The molecule has 3 unspecified atom stereocenters. The maximum Gasteiger partial charge on any atom is 0.418 e. The van der Waals surface area contributed by atoms with Gasteiger partial charge in [0.15, 0.2) is 0 Å². The topological polar surface area (TPSA) is 160 Å². The molecular weight excluding hydrogens is 394 g/mol. The molecule has 3 atom stereocenters. The van der Waals surface area contributed by atoms with Gasteiger partial charge in [-0.25, -0.2) is 4.79 Å². The van der Waals surface area contributed by atoms with Crippen LogP contribution < -0.4 is 5.32 Å². The monoisotopic (exact) mass is 417 g/mol. The van der Waals surface area contributed by atoms with Crippen LogP contribution in [-0.2, 0) is 24.3 Å². The van der Waals surface area contributed by atoms with E-state index in [9.17, 15) is 22.8 Å². The van der Waals surface area contributed by atoms with E-state index < -0.39 is 40.5 Å². The van der Waals surface area contributed by atoms with Gasteiger partial charge in [0.1, 0.15) is 11.9 Å². The number of urea groups is 1. The van der Waals surface area contributed by atoms with Crippen LogP contribution in [0.25, 0.3) is 0 Å². The fourth-order valence-electron chi connectivity index (χ4n) is 4.01. The number of likely N-dealkylation sites (tertiary alicyclic amines) is 1. The average Bonchev–Trinajstić information content (AvgIpc) is 2.85. The van der Waals surface area contributed by atoms with E-state index >= 15 is 0 Å². The average molecular weight is 417 g/mol. The molecule has 0 aromatic carbocycles. The third-order valence-electron chi connectivity index (χ3n) is 5.30. The van der Waals surface area contributed by atoms with E-state index in [4.69, 9.17) is 9.96 Å². The third kappa shape index (κ3) is 4.10. The predicted octanol–water partition coefficient (Wildman–Crippen LogP) is -0.516. The Bertz CT molecular complexity index is 801. The second kappa shape index (κ2) is 7.64. The molecule has 3 aliphatic heterocycles. The standard InChI is InChI=1S/C15H23N5O7S/c1-9(21)18-7-3-2-4-12(18)14(22)17-13(16)11-6-5-10-8-19(11)15(23)20(10)27-28(24,25)26/h10-12H,2-8H2,1H3,(H2,16,17,22)(H,24,25,26). The Hall–Kier alpha value is -2.25. The smallest absolute Gasteiger partial charge is 0.331 e. The fourth-order valence-corrected chi connectivity index (χ4v) is 4.40. The van der Waals surface area contributed by atoms with E-state index in [1.807, 2.05) is 0 Å². The highest BCUT2D eigenvalue weighted by atomic mass is 32.3. The van der Waals surface area contributed by atoms with Crippen molar-refractivity contribution in [1.29, 1.82) is 5.41 Å². The number of nitrogens with one attached hydrogen (secondary N) is 2. The van der Waals surface area contributed by atoms with E-state index in [-0.39, 0.29) is 18.3 Å². The van der Waals surface area contributed by atoms with E-state index in [1.54, 1.807) is 0 Å². The number of carbonyl (C=O) groups excluding carboxylic acids is 3. The first kappa shape index (κ1) is 20.5. The Labute approximate surface area is 162 Å². The van der Waals surface area contributed by atoms with E-state index in [1.165, 1.54) is 16.7 Å². The summed E-state index contributed by atoms with van der Waals surface area (Å²) in [5.41, 5.74) is 0. The molecule has 0 spiro atoms. The van der Waals surface area contributed by atoms with Gasteiger partial charge < -0.3 is 15.1 Å². The van der Waals surface area contributed by atoms with Crippen molar-refractivity contribution in [2.45, 2.75) is 57.2 Å². The Balaban J connectivity index is 1.66. The van der Waals surface area contributed by atoms with Crippen LogP contribution in [-0.4, -0.2) is 82.7 Å². The number of piperidine rings is 2. The maximum absolute atomic E-state index is 12.6. The molecule has 0 aromatic heterocycles. The minimum absolute atomic E-state index is 0.111. The molecule has 3 rings (SSSR count). The minimum atomic E-state index is -4.85. The first-order valence-corrected chi connectivity index (χ1v) is 10.4. The number of hydrogen-bond acceptors (Lipinski definition) is 7. The highest BCUT2D eigenvalue weighted by molar-refractivity contribution is 7.80. The summed E-state index contributed by atoms with van der Waals surface area (Å²) in [5.74, 6) is -0.876. The van der Waals surface area contributed by atoms with Gasteiger partial charge in [0.25, 0.3) is 0 Å². The molecule has 0 radical (unpaired) electrons. The molecule has 0 aromatic rings. The second-order valence-corrected chi connectivity index (χ2v) is 8.14. The molecule has 3 fully saturated rings. The summed E-state index contributed by atoms with van der Waals surface area (Å²) in [6, 6.07) is -2.78. The van der Waals surface area contributed by atoms with Gasteiger partial charge in [-0.15, -0.1) is 4.28 Å². The number of amidine groups is 1. The molecule has 0 aliphatic carbocycles. The SMILES string of the molecule is CC(=O)N1CCCCC1C(=O)NC(=N)C1CCC2CN1C(=O)N2OS(=O)(=O)O. The molecule has 4 amide bonds. The van der Waals surface area contributed by atoms with Gasteiger partial charge in [0.05, 0.1) is 12.1 Å². The van der Waals surface area contributed by atoms with Gasteiger partial charge in [-0.2, -0.15) is 13.5 Å². The Morgan fingerprint density at radius 1 is 1.21 bits per heavy atom. The second-order valence-electron chi connectivity index (χ2n) is 7.14. The molecule has 156 valence electrons. The van der Waals surface area contributed by atoms with Crippen molar-refractivity contribution >= 4 is 34.1 Å². The van der Waals surface area contributed by atoms with Gasteiger partial charge in [-0.05, 0) is 32.1 Å². The maximum atomic E-state index is 12.6. The summed E-state index contributed by atoms with van der Waals surface area (Å²) in [4.78, 5) is 39.5. The molecule has 3 aliphatic rings. The minimum Gasteiger partial charge on any atom is -0.331 e. The molecular formula is C15H23N5O7S. The molecule has 2 bridgehead atoms. The molecule has 13 heteroatoms. The molecule has 3 heterocycles. The number of fused-ring (bicyclic) bond motifs is 2. The molecule has 0 saturated carbocycles. The summed E-state index contributed by atoms with van der Waals surface area (Å²) >= 11 is 0. The summed E-state index contributed by atoms with van der Waals surface area (Å²) in [5, 5.41) is 11.3. The van der Waals surface area contributed by atoms with E-state index in [0.29, 0.717) is 30.9 Å². The zero-order valence-corrected chi connectivity index (χ0v) is 16.1. The van der Waals surface area contributed by atoms with E-state index in [2.05, 4.69) is 9.60 Å². The number of amides is 4. The number of hydroxylamine groups is 2. The lowest BCUT2D eigenvalue weighted by Gasteiger charge is -2.35. The largest absolute Gasteiger partial charge is 0.418 e.